The fraction of sp³-hybridized carbons (Fsp3) is 0.318. The Morgan fingerprint density at radius 3 is 2.73 bits per heavy atom. The van der Waals surface area contributed by atoms with Crippen LogP contribution in [-0.2, 0) is 11.3 Å². The van der Waals surface area contributed by atoms with Crippen molar-refractivity contribution in [1.29, 1.82) is 0 Å². The maximum atomic E-state index is 12.6. The van der Waals surface area contributed by atoms with Crippen LogP contribution in [0.25, 0.3) is 11.4 Å². The number of carbonyl (C=O) groups excluding carboxylic acids is 1. The van der Waals surface area contributed by atoms with Crippen molar-refractivity contribution in [3.63, 3.8) is 0 Å². The third-order valence-electron chi connectivity index (χ3n) is 5.29. The molecule has 4 rings (SSSR count). The van der Waals surface area contributed by atoms with Gasteiger partial charge in [0.05, 0.1) is 6.54 Å². The third kappa shape index (κ3) is 5.17. The van der Waals surface area contributed by atoms with Gasteiger partial charge >= 0.3 is 0 Å². The summed E-state index contributed by atoms with van der Waals surface area (Å²) in [5.74, 6) is 1.29. The molecule has 2 aromatic carbocycles. The SMILES string of the molecule is Cc1cc(NC(=O)C2CCN(Cc3nc(-c4cccc(Br)c4)no3)CC2)ccc1Br. The van der Waals surface area contributed by atoms with Crippen molar-refractivity contribution in [2.24, 2.45) is 5.92 Å². The molecule has 8 heteroatoms. The zero-order chi connectivity index (χ0) is 21.1. The van der Waals surface area contributed by atoms with Gasteiger partial charge < -0.3 is 9.84 Å². The van der Waals surface area contributed by atoms with E-state index in [1.54, 1.807) is 0 Å². The highest BCUT2D eigenvalue weighted by atomic mass is 79.9. The fourth-order valence-corrected chi connectivity index (χ4v) is 4.22. The van der Waals surface area contributed by atoms with Gasteiger partial charge in [-0.25, -0.2) is 0 Å². The molecule has 0 saturated carbocycles. The Balaban J connectivity index is 1.29. The first kappa shape index (κ1) is 21.2. The lowest BCUT2D eigenvalue weighted by Crippen LogP contribution is -2.37. The molecule has 2 heterocycles. The quantitative estimate of drug-likeness (QED) is 0.474. The minimum atomic E-state index is 0.0186. The van der Waals surface area contributed by atoms with Gasteiger partial charge in [-0.3, -0.25) is 9.69 Å². The molecule has 1 aliphatic rings. The van der Waals surface area contributed by atoms with Crippen LogP contribution in [0.15, 0.2) is 55.9 Å². The summed E-state index contributed by atoms with van der Waals surface area (Å²) in [6.07, 6.45) is 1.63. The van der Waals surface area contributed by atoms with Crippen LogP contribution in [0.5, 0.6) is 0 Å². The van der Waals surface area contributed by atoms with Gasteiger partial charge in [0.15, 0.2) is 0 Å². The minimum absolute atomic E-state index is 0.0186. The van der Waals surface area contributed by atoms with E-state index in [-0.39, 0.29) is 11.8 Å². The second kappa shape index (κ2) is 9.41. The van der Waals surface area contributed by atoms with Crippen LogP contribution in [0.1, 0.15) is 24.3 Å². The third-order valence-corrected chi connectivity index (χ3v) is 6.68. The summed E-state index contributed by atoms with van der Waals surface area (Å²) in [4.78, 5) is 19.4. The predicted octanol–water partition coefficient (Wildman–Crippen LogP) is 5.42. The molecule has 0 spiro atoms. The number of aromatic nitrogens is 2. The van der Waals surface area contributed by atoms with Gasteiger partial charge in [-0.15, -0.1) is 0 Å². The highest BCUT2D eigenvalue weighted by molar-refractivity contribution is 9.10. The zero-order valence-electron chi connectivity index (χ0n) is 16.6. The van der Waals surface area contributed by atoms with Crippen molar-refractivity contribution in [2.45, 2.75) is 26.3 Å². The number of aryl methyl sites for hydroxylation is 1. The van der Waals surface area contributed by atoms with E-state index in [1.807, 2.05) is 49.4 Å². The van der Waals surface area contributed by atoms with Crippen molar-refractivity contribution >= 4 is 43.5 Å². The van der Waals surface area contributed by atoms with Crippen LogP contribution < -0.4 is 5.32 Å². The molecule has 1 aromatic heterocycles. The molecule has 1 amide bonds. The summed E-state index contributed by atoms with van der Waals surface area (Å²) in [6.45, 7) is 4.26. The number of halogens is 2. The summed E-state index contributed by atoms with van der Waals surface area (Å²) >= 11 is 6.95. The summed E-state index contributed by atoms with van der Waals surface area (Å²) < 4.78 is 7.45. The summed E-state index contributed by atoms with van der Waals surface area (Å²) in [6, 6.07) is 13.7. The van der Waals surface area contributed by atoms with Crippen LogP contribution in [0.2, 0.25) is 0 Å². The van der Waals surface area contributed by atoms with Gasteiger partial charge in [0.25, 0.3) is 0 Å². The maximum absolute atomic E-state index is 12.6. The van der Waals surface area contributed by atoms with Crippen molar-refractivity contribution < 1.29 is 9.32 Å². The summed E-state index contributed by atoms with van der Waals surface area (Å²) in [5, 5.41) is 7.14. The average Bonchev–Trinajstić information content (AvgIpc) is 3.20. The van der Waals surface area contributed by atoms with Crippen molar-refractivity contribution in [2.75, 3.05) is 18.4 Å². The zero-order valence-corrected chi connectivity index (χ0v) is 19.7. The number of amides is 1. The van der Waals surface area contributed by atoms with Crippen LogP contribution in [-0.4, -0.2) is 34.0 Å². The average molecular weight is 534 g/mol. The Bertz CT molecular complexity index is 1050. The van der Waals surface area contributed by atoms with E-state index in [0.717, 1.165) is 51.7 Å². The monoisotopic (exact) mass is 532 g/mol. The molecule has 0 unspecified atom stereocenters. The van der Waals surface area contributed by atoms with E-state index < -0.39 is 0 Å². The molecule has 6 nitrogen and oxygen atoms in total. The Morgan fingerprint density at radius 1 is 1.20 bits per heavy atom. The van der Waals surface area contributed by atoms with Crippen molar-refractivity contribution in [3.05, 3.63) is 62.9 Å². The first-order valence-electron chi connectivity index (χ1n) is 9.86. The summed E-state index contributed by atoms with van der Waals surface area (Å²) in [5.41, 5.74) is 2.86. The van der Waals surface area contributed by atoms with Crippen LogP contribution in [0.4, 0.5) is 5.69 Å². The predicted molar refractivity (Wildman–Crippen MR) is 123 cm³/mol. The maximum Gasteiger partial charge on any atom is 0.241 e. The van der Waals surface area contributed by atoms with Gasteiger partial charge in [-0.1, -0.05) is 49.1 Å². The lowest BCUT2D eigenvalue weighted by Gasteiger charge is -2.30. The molecule has 1 aliphatic heterocycles. The fourth-order valence-electron chi connectivity index (χ4n) is 3.58. The lowest BCUT2D eigenvalue weighted by atomic mass is 9.96. The lowest BCUT2D eigenvalue weighted by molar-refractivity contribution is -0.121. The van der Waals surface area contributed by atoms with E-state index in [1.165, 1.54) is 0 Å². The minimum Gasteiger partial charge on any atom is -0.338 e. The number of rotatable bonds is 5. The number of hydrogen-bond donors (Lipinski definition) is 1. The highest BCUT2D eigenvalue weighted by Crippen LogP contribution is 2.24. The van der Waals surface area contributed by atoms with E-state index in [0.29, 0.717) is 18.3 Å². The molecule has 1 N–H and O–H groups in total. The smallest absolute Gasteiger partial charge is 0.241 e. The van der Waals surface area contributed by atoms with E-state index >= 15 is 0 Å². The van der Waals surface area contributed by atoms with Crippen LogP contribution in [0, 0.1) is 12.8 Å². The highest BCUT2D eigenvalue weighted by Gasteiger charge is 2.26. The Labute approximate surface area is 192 Å². The number of piperidine rings is 1. The molecular formula is C22H22Br2N4O2. The number of benzene rings is 2. The van der Waals surface area contributed by atoms with Crippen molar-refractivity contribution in [3.8, 4) is 11.4 Å². The molecule has 1 saturated heterocycles. The topological polar surface area (TPSA) is 71.3 Å². The molecule has 0 atom stereocenters. The molecule has 3 aromatic rings. The van der Waals surface area contributed by atoms with Crippen LogP contribution >= 0.6 is 31.9 Å². The van der Waals surface area contributed by atoms with E-state index in [4.69, 9.17) is 4.52 Å². The number of carbonyl (C=O) groups is 1. The summed E-state index contributed by atoms with van der Waals surface area (Å²) in [7, 11) is 0. The van der Waals surface area contributed by atoms with Gasteiger partial charge in [0.2, 0.25) is 17.6 Å². The van der Waals surface area contributed by atoms with Crippen LogP contribution in [0.3, 0.4) is 0 Å². The molecule has 0 bridgehead atoms. The molecule has 0 aliphatic carbocycles. The van der Waals surface area contributed by atoms with Crippen molar-refractivity contribution in [1.82, 2.24) is 15.0 Å². The largest absolute Gasteiger partial charge is 0.338 e. The Kier molecular flexibility index (Phi) is 6.65. The second-order valence-electron chi connectivity index (χ2n) is 7.53. The number of hydrogen-bond acceptors (Lipinski definition) is 5. The molecule has 156 valence electrons. The number of nitrogens with one attached hydrogen (secondary N) is 1. The van der Waals surface area contributed by atoms with Gasteiger partial charge in [-0.2, -0.15) is 4.98 Å². The normalized spacial score (nSPS) is 15.3. The standard InChI is InChI=1S/C22H22Br2N4O2/c1-14-11-18(5-6-19(14)24)25-22(29)15-7-9-28(10-8-15)13-20-26-21(27-30-20)16-3-2-4-17(23)12-16/h2-6,11-12,15H,7-10,13H2,1H3,(H,25,29). The van der Waals surface area contributed by atoms with Gasteiger partial charge in [-0.05, 0) is 68.8 Å². The van der Waals surface area contributed by atoms with Gasteiger partial charge in [0, 0.05) is 26.1 Å². The number of likely N-dealkylation sites (tertiary alicyclic amines) is 1. The molecule has 1 fully saturated rings. The first-order valence-corrected chi connectivity index (χ1v) is 11.4. The number of nitrogens with zero attached hydrogens (tertiary/aromatic N) is 3. The Morgan fingerprint density at radius 2 is 2.00 bits per heavy atom. The second-order valence-corrected chi connectivity index (χ2v) is 9.30. The van der Waals surface area contributed by atoms with E-state index in [2.05, 4.69) is 52.2 Å². The Hall–Kier alpha value is -2.03. The van der Waals surface area contributed by atoms with Gasteiger partial charge in [0.1, 0.15) is 0 Å². The number of anilines is 1. The van der Waals surface area contributed by atoms with E-state index in [9.17, 15) is 4.79 Å². The molecular weight excluding hydrogens is 512 g/mol. The molecule has 30 heavy (non-hydrogen) atoms. The first-order chi connectivity index (χ1) is 14.5. The molecule has 0 radical (unpaired) electrons.